The number of piperidine rings is 1. The molecule has 16 heavy (non-hydrogen) atoms. The standard InChI is InChI=1S/C15H29N/c1-3-5-7-10-14-12-9-13-15(16-14)11-8-6-4-2/h3,14-16H,1,4-13H2,2H3/t14-,15-/m1/s1. The lowest BCUT2D eigenvalue weighted by atomic mass is 9.92. The van der Waals surface area contributed by atoms with Gasteiger partial charge in [-0.25, -0.2) is 0 Å². The van der Waals surface area contributed by atoms with Crippen molar-refractivity contribution in [2.45, 2.75) is 83.2 Å². The summed E-state index contributed by atoms with van der Waals surface area (Å²) in [7, 11) is 0. The highest BCUT2D eigenvalue weighted by Crippen LogP contribution is 2.20. The molecule has 1 heteroatoms. The van der Waals surface area contributed by atoms with E-state index >= 15 is 0 Å². The summed E-state index contributed by atoms with van der Waals surface area (Å²) in [5.41, 5.74) is 0. The van der Waals surface area contributed by atoms with Gasteiger partial charge in [-0.15, -0.1) is 6.58 Å². The third kappa shape index (κ3) is 5.69. The van der Waals surface area contributed by atoms with Gasteiger partial charge in [0.2, 0.25) is 0 Å². The van der Waals surface area contributed by atoms with E-state index in [9.17, 15) is 0 Å². The highest BCUT2D eigenvalue weighted by Gasteiger charge is 2.19. The van der Waals surface area contributed by atoms with Crippen LogP contribution in [0, 0.1) is 0 Å². The molecule has 1 heterocycles. The molecule has 1 aliphatic heterocycles. The molecule has 1 rings (SSSR count). The van der Waals surface area contributed by atoms with Crippen molar-refractivity contribution in [2.75, 3.05) is 0 Å². The lowest BCUT2D eigenvalue weighted by Gasteiger charge is -2.31. The fraction of sp³-hybridized carbons (Fsp3) is 0.867. The largest absolute Gasteiger partial charge is 0.311 e. The fourth-order valence-electron chi connectivity index (χ4n) is 2.72. The summed E-state index contributed by atoms with van der Waals surface area (Å²) >= 11 is 0. The Morgan fingerprint density at radius 1 is 1.12 bits per heavy atom. The van der Waals surface area contributed by atoms with E-state index in [1.54, 1.807) is 0 Å². The molecular weight excluding hydrogens is 194 g/mol. The molecule has 1 saturated heterocycles. The van der Waals surface area contributed by atoms with Crippen molar-refractivity contribution in [3.63, 3.8) is 0 Å². The minimum Gasteiger partial charge on any atom is -0.311 e. The van der Waals surface area contributed by atoms with Crippen LogP contribution in [-0.4, -0.2) is 12.1 Å². The highest BCUT2D eigenvalue weighted by molar-refractivity contribution is 4.81. The van der Waals surface area contributed by atoms with Crippen LogP contribution in [0.5, 0.6) is 0 Å². The molecule has 1 N–H and O–H groups in total. The van der Waals surface area contributed by atoms with E-state index in [4.69, 9.17) is 0 Å². The van der Waals surface area contributed by atoms with Crippen LogP contribution >= 0.6 is 0 Å². The summed E-state index contributed by atoms with van der Waals surface area (Å²) in [6.07, 6.45) is 15.7. The number of allylic oxidation sites excluding steroid dienone is 1. The van der Waals surface area contributed by atoms with E-state index in [1.807, 2.05) is 6.08 Å². The van der Waals surface area contributed by atoms with E-state index in [1.165, 1.54) is 64.2 Å². The van der Waals surface area contributed by atoms with Crippen LogP contribution in [0.15, 0.2) is 12.7 Å². The summed E-state index contributed by atoms with van der Waals surface area (Å²) in [4.78, 5) is 0. The van der Waals surface area contributed by atoms with Crippen LogP contribution in [0.2, 0.25) is 0 Å². The summed E-state index contributed by atoms with van der Waals surface area (Å²) in [6.45, 7) is 6.07. The van der Waals surface area contributed by atoms with Gasteiger partial charge in [-0.1, -0.05) is 38.7 Å². The average molecular weight is 223 g/mol. The Balaban J connectivity index is 2.11. The van der Waals surface area contributed by atoms with Crippen molar-refractivity contribution >= 4 is 0 Å². The quantitative estimate of drug-likeness (QED) is 0.474. The van der Waals surface area contributed by atoms with Crippen LogP contribution in [0.25, 0.3) is 0 Å². The van der Waals surface area contributed by atoms with Crippen LogP contribution in [0.3, 0.4) is 0 Å². The number of unbranched alkanes of at least 4 members (excludes halogenated alkanes) is 3. The third-order valence-corrected chi connectivity index (χ3v) is 3.69. The maximum Gasteiger partial charge on any atom is 0.00697 e. The second-order valence-corrected chi connectivity index (χ2v) is 5.21. The second-order valence-electron chi connectivity index (χ2n) is 5.21. The Morgan fingerprint density at radius 3 is 2.44 bits per heavy atom. The van der Waals surface area contributed by atoms with Gasteiger partial charge in [0, 0.05) is 12.1 Å². The molecule has 0 spiro atoms. The molecule has 0 aromatic rings. The zero-order valence-corrected chi connectivity index (χ0v) is 11.0. The Kier molecular flexibility index (Phi) is 7.58. The molecule has 0 amide bonds. The normalized spacial score (nSPS) is 25.6. The van der Waals surface area contributed by atoms with Gasteiger partial charge in [0.05, 0.1) is 0 Å². The first-order chi connectivity index (χ1) is 7.86. The van der Waals surface area contributed by atoms with Gasteiger partial charge < -0.3 is 5.32 Å². The van der Waals surface area contributed by atoms with Crippen molar-refractivity contribution in [1.29, 1.82) is 0 Å². The van der Waals surface area contributed by atoms with Crippen molar-refractivity contribution in [1.82, 2.24) is 5.32 Å². The minimum atomic E-state index is 0.792. The van der Waals surface area contributed by atoms with E-state index in [-0.39, 0.29) is 0 Å². The predicted molar refractivity (Wildman–Crippen MR) is 72.8 cm³/mol. The van der Waals surface area contributed by atoms with E-state index in [2.05, 4.69) is 18.8 Å². The topological polar surface area (TPSA) is 12.0 Å². The monoisotopic (exact) mass is 223 g/mol. The lowest BCUT2D eigenvalue weighted by molar-refractivity contribution is 0.289. The molecule has 0 bridgehead atoms. The first kappa shape index (κ1) is 13.8. The van der Waals surface area contributed by atoms with Gasteiger partial charge in [-0.2, -0.15) is 0 Å². The van der Waals surface area contributed by atoms with Gasteiger partial charge in [0.1, 0.15) is 0 Å². The van der Waals surface area contributed by atoms with E-state index in [0.717, 1.165) is 12.1 Å². The van der Waals surface area contributed by atoms with Gasteiger partial charge in [-0.3, -0.25) is 0 Å². The van der Waals surface area contributed by atoms with Crippen LogP contribution < -0.4 is 5.32 Å². The zero-order valence-electron chi connectivity index (χ0n) is 11.0. The SMILES string of the molecule is C=CCCC[C@@H]1CCC[C@@H](CCCCC)N1. The molecule has 0 aromatic carbocycles. The Morgan fingerprint density at radius 2 is 1.81 bits per heavy atom. The summed E-state index contributed by atoms with van der Waals surface area (Å²) in [6, 6.07) is 1.61. The molecule has 1 aliphatic rings. The Hall–Kier alpha value is -0.300. The minimum absolute atomic E-state index is 0.792. The smallest absolute Gasteiger partial charge is 0.00697 e. The molecule has 1 fully saturated rings. The zero-order chi connectivity index (χ0) is 11.6. The van der Waals surface area contributed by atoms with Crippen molar-refractivity contribution < 1.29 is 0 Å². The summed E-state index contributed by atoms with van der Waals surface area (Å²) in [5.74, 6) is 0. The van der Waals surface area contributed by atoms with Gasteiger partial charge in [-0.05, 0) is 38.5 Å². The fourth-order valence-corrected chi connectivity index (χ4v) is 2.72. The molecule has 0 unspecified atom stereocenters. The molecule has 1 nitrogen and oxygen atoms in total. The Labute approximate surface area is 102 Å². The molecular formula is C15H29N. The van der Waals surface area contributed by atoms with E-state index < -0.39 is 0 Å². The van der Waals surface area contributed by atoms with Crippen molar-refractivity contribution in [2.24, 2.45) is 0 Å². The lowest BCUT2D eigenvalue weighted by Crippen LogP contribution is -2.42. The van der Waals surface area contributed by atoms with Crippen LogP contribution in [0.1, 0.15) is 71.1 Å². The maximum atomic E-state index is 3.84. The first-order valence-corrected chi connectivity index (χ1v) is 7.23. The van der Waals surface area contributed by atoms with Crippen LogP contribution in [0.4, 0.5) is 0 Å². The molecule has 94 valence electrons. The molecule has 0 saturated carbocycles. The summed E-state index contributed by atoms with van der Waals surface area (Å²) < 4.78 is 0. The molecule has 0 aromatic heterocycles. The molecule has 0 aliphatic carbocycles. The number of hydrogen-bond donors (Lipinski definition) is 1. The average Bonchev–Trinajstić information content (AvgIpc) is 2.30. The van der Waals surface area contributed by atoms with Gasteiger partial charge in [0.15, 0.2) is 0 Å². The highest BCUT2D eigenvalue weighted by atomic mass is 15.0. The number of hydrogen-bond acceptors (Lipinski definition) is 1. The third-order valence-electron chi connectivity index (χ3n) is 3.69. The van der Waals surface area contributed by atoms with Gasteiger partial charge >= 0.3 is 0 Å². The van der Waals surface area contributed by atoms with Gasteiger partial charge in [0.25, 0.3) is 0 Å². The predicted octanol–water partition coefficient (Wildman–Crippen LogP) is 4.43. The molecule has 0 radical (unpaired) electrons. The number of nitrogens with one attached hydrogen (secondary N) is 1. The second kappa shape index (κ2) is 8.81. The maximum absolute atomic E-state index is 3.84. The van der Waals surface area contributed by atoms with Crippen molar-refractivity contribution in [3.05, 3.63) is 12.7 Å². The first-order valence-electron chi connectivity index (χ1n) is 7.23. The van der Waals surface area contributed by atoms with E-state index in [0.29, 0.717) is 0 Å². The summed E-state index contributed by atoms with van der Waals surface area (Å²) in [5, 5.41) is 3.84. The van der Waals surface area contributed by atoms with Crippen molar-refractivity contribution in [3.8, 4) is 0 Å². The number of rotatable bonds is 8. The Bertz CT molecular complexity index is 176. The molecule has 2 atom stereocenters. The van der Waals surface area contributed by atoms with Crippen LogP contribution in [-0.2, 0) is 0 Å².